The van der Waals surface area contributed by atoms with Crippen LogP contribution in [0.1, 0.15) is 123 Å². The fraction of sp³-hybridized carbons (Fsp3) is 0.857. The second-order valence-corrected chi connectivity index (χ2v) is 16.5. The summed E-state index contributed by atoms with van der Waals surface area (Å²) in [5, 5.41) is 49.3. The first kappa shape index (κ1) is 38.2. The van der Waals surface area contributed by atoms with Crippen molar-refractivity contribution in [1.82, 2.24) is 19.5 Å². The number of imidazole rings is 1. The van der Waals surface area contributed by atoms with Crippen LogP contribution in [0.2, 0.25) is 0 Å². The lowest BCUT2D eigenvalue weighted by Crippen LogP contribution is -2.73. The van der Waals surface area contributed by atoms with Gasteiger partial charge in [-0.05, 0) is 102 Å². The molecule has 0 amide bonds. The van der Waals surface area contributed by atoms with Crippen molar-refractivity contribution in [3.63, 3.8) is 0 Å². The molecule has 5 heterocycles. The monoisotopic (exact) mass is 693 g/mol. The van der Waals surface area contributed by atoms with Crippen LogP contribution in [0.25, 0.3) is 11.2 Å². The fourth-order valence-corrected chi connectivity index (χ4v) is 8.85. The molecule has 3 aliphatic rings. The second kappa shape index (κ2) is 10.3. The number of rotatable bonds is 8. The summed E-state index contributed by atoms with van der Waals surface area (Å²) in [4.78, 5) is 13.0. The molecule has 5 rings (SSSR count). The molecule has 2 aromatic heterocycles. The van der Waals surface area contributed by atoms with E-state index in [4.69, 9.17) is 29.4 Å². The molecule has 278 valence electrons. The molecule has 14 nitrogen and oxygen atoms in total. The Bertz CT molecular complexity index is 1650. The molecule has 3 saturated heterocycles. The summed E-state index contributed by atoms with van der Waals surface area (Å²) in [5.74, 6) is -3.63. The number of anilines is 1. The van der Waals surface area contributed by atoms with Crippen molar-refractivity contribution in [2.45, 2.75) is 191 Å². The molecular formula is C35H59N5O9. The van der Waals surface area contributed by atoms with Crippen molar-refractivity contribution in [2.24, 2.45) is 0 Å². The van der Waals surface area contributed by atoms with Gasteiger partial charge < -0.3 is 49.8 Å². The van der Waals surface area contributed by atoms with Gasteiger partial charge in [0.15, 0.2) is 34.4 Å². The van der Waals surface area contributed by atoms with Gasteiger partial charge in [0.2, 0.25) is 0 Å². The van der Waals surface area contributed by atoms with Crippen molar-refractivity contribution in [3.8, 4) is 0 Å². The van der Waals surface area contributed by atoms with Gasteiger partial charge in [0.25, 0.3) is 0 Å². The van der Waals surface area contributed by atoms with E-state index >= 15 is 0 Å². The predicted octanol–water partition coefficient (Wildman–Crippen LogP) is 3.66. The first-order chi connectivity index (χ1) is 22.0. The third-order valence-corrected chi connectivity index (χ3v) is 14.4. The third kappa shape index (κ3) is 4.12. The average Bonchev–Trinajstić information content (AvgIpc) is 3.55. The normalized spacial score (nSPS) is 53.2. The number of hydrogen-bond donors (Lipinski definition) is 5. The highest BCUT2D eigenvalue weighted by Gasteiger charge is 2.83. The van der Waals surface area contributed by atoms with Crippen molar-refractivity contribution in [2.75, 3.05) is 5.73 Å². The predicted molar refractivity (Wildman–Crippen MR) is 181 cm³/mol. The van der Waals surface area contributed by atoms with Gasteiger partial charge in [0.05, 0.1) is 11.9 Å². The highest BCUT2D eigenvalue weighted by Crippen LogP contribution is 2.65. The van der Waals surface area contributed by atoms with E-state index in [2.05, 4.69) is 15.0 Å². The van der Waals surface area contributed by atoms with Gasteiger partial charge in [-0.2, -0.15) is 0 Å². The van der Waals surface area contributed by atoms with Crippen LogP contribution in [0, 0.1) is 0 Å². The molecule has 0 saturated carbocycles. The van der Waals surface area contributed by atoms with Gasteiger partial charge in [0, 0.05) is 0 Å². The lowest BCUT2D eigenvalue weighted by atomic mass is 9.69. The number of nitrogens with two attached hydrogens (primary N) is 1. The highest BCUT2D eigenvalue weighted by atomic mass is 16.8. The SMILES string of the molecule is CC[C@@]1(C)O[C@@](C)(OC2(C)[C@](C)(O[C@]3(C)C(C)(O)[C@](C)(CC)O[C@]3(C)n3cnc4c(N)ncnc43)O[C@](C)(CC)[C@]2(C)O)C(C)(O)[C@@]1(C)O. The summed E-state index contributed by atoms with van der Waals surface area (Å²) in [7, 11) is 0. The van der Waals surface area contributed by atoms with Crippen LogP contribution in [0.3, 0.4) is 0 Å². The molecule has 3 unspecified atom stereocenters. The molecule has 0 aromatic carbocycles. The summed E-state index contributed by atoms with van der Waals surface area (Å²) < 4.78 is 36.2. The van der Waals surface area contributed by atoms with E-state index in [1.165, 1.54) is 26.5 Å². The largest absolute Gasteiger partial charge is 0.384 e. The maximum atomic E-state index is 12.7. The van der Waals surface area contributed by atoms with Crippen molar-refractivity contribution >= 4 is 17.0 Å². The molecule has 3 aliphatic heterocycles. The van der Waals surface area contributed by atoms with Crippen LogP contribution in [-0.2, 0) is 29.4 Å². The van der Waals surface area contributed by atoms with Crippen molar-refractivity contribution < 1.29 is 44.1 Å². The standard InChI is InChI=1S/C35H59N5O9/c1-16-24(4)27(7,41)30(10,44)34(14,46-24)49-32(12)29(9,43)26(6,18-3)47-35(32,15)48-31(11)28(8,42)25(5,17-2)45-33(31,13)40-20-39-21-22(36)37-19-38-23(21)40/h19-20,41-44H,16-18H2,1-15H3,(H2,36,37,38)/t24-,25+,26-,27+,28?,29+,30?,31-,32?,33+,34+,35+/m1/s1. The summed E-state index contributed by atoms with van der Waals surface area (Å²) >= 11 is 0. The number of hydrogen-bond acceptors (Lipinski definition) is 13. The molecule has 3 fully saturated rings. The van der Waals surface area contributed by atoms with Crippen LogP contribution >= 0.6 is 0 Å². The van der Waals surface area contributed by atoms with Gasteiger partial charge in [0.1, 0.15) is 51.1 Å². The first-order valence-electron chi connectivity index (χ1n) is 17.3. The van der Waals surface area contributed by atoms with Gasteiger partial charge in [-0.1, -0.05) is 20.8 Å². The summed E-state index contributed by atoms with van der Waals surface area (Å²) in [6.07, 6.45) is 3.90. The molecule has 0 radical (unpaired) electrons. The zero-order valence-electron chi connectivity index (χ0n) is 32.0. The van der Waals surface area contributed by atoms with E-state index in [0.717, 1.165) is 0 Å². The van der Waals surface area contributed by atoms with Crippen LogP contribution < -0.4 is 5.73 Å². The lowest BCUT2D eigenvalue weighted by Gasteiger charge is -2.55. The first-order valence-corrected chi connectivity index (χ1v) is 17.3. The summed E-state index contributed by atoms with van der Waals surface area (Å²) in [6, 6.07) is 0. The summed E-state index contributed by atoms with van der Waals surface area (Å²) in [6.45, 7) is 25.4. The molecule has 0 spiro atoms. The van der Waals surface area contributed by atoms with Gasteiger partial charge in [-0.3, -0.25) is 4.57 Å². The topological polar surface area (TPSA) is 197 Å². The Hall–Kier alpha value is -2.01. The Kier molecular flexibility index (Phi) is 8.05. The Balaban J connectivity index is 1.76. The van der Waals surface area contributed by atoms with E-state index in [1.54, 1.807) is 73.8 Å². The number of nitrogen functional groups attached to an aromatic ring is 1. The molecule has 0 bridgehead atoms. The van der Waals surface area contributed by atoms with E-state index in [1.807, 2.05) is 20.8 Å². The minimum Gasteiger partial charge on any atom is -0.384 e. The van der Waals surface area contributed by atoms with E-state index < -0.39 is 67.7 Å². The molecule has 12 atom stereocenters. The molecule has 14 heteroatoms. The Morgan fingerprint density at radius 2 is 1.06 bits per heavy atom. The van der Waals surface area contributed by atoms with E-state index in [-0.39, 0.29) is 5.82 Å². The Labute approximate surface area is 289 Å². The maximum absolute atomic E-state index is 12.7. The Morgan fingerprint density at radius 1 is 0.612 bits per heavy atom. The zero-order valence-corrected chi connectivity index (χ0v) is 32.0. The summed E-state index contributed by atoms with van der Waals surface area (Å²) in [5.41, 5.74) is -9.29. The number of aromatic nitrogens is 4. The number of aliphatic hydroxyl groups is 4. The average molecular weight is 694 g/mol. The minimum atomic E-state index is -1.99. The molecule has 49 heavy (non-hydrogen) atoms. The quantitative estimate of drug-likeness (QED) is 0.269. The molecule has 0 aliphatic carbocycles. The molecular weight excluding hydrogens is 634 g/mol. The lowest BCUT2D eigenvalue weighted by molar-refractivity contribution is -0.415. The molecule has 2 aromatic rings. The third-order valence-electron chi connectivity index (χ3n) is 14.4. The van der Waals surface area contributed by atoms with Crippen LogP contribution in [-0.4, -0.2) is 102 Å². The van der Waals surface area contributed by atoms with Crippen LogP contribution in [0.15, 0.2) is 12.7 Å². The van der Waals surface area contributed by atoms with Gasteiger partial charge in [-0.25, -0.2) is 15.0 Å². The second-order valence-electron chi connectivity index (χ2n) is 16.5. The Morgan fingerprint density at radius 3 is 1.57 bits per heavy atom. The van der Waals surface area contributed by atoms with Crippen molar-refractivity contribution in [3.05, 3.63) is 12.7 Å². The molecule has 6 N–H and O–H groups in total. The fourth-order valence-electron chi connectivity index (χ4n) is 8.85. The minimum absolute atomic E-state index is 0.173. The van der Waals surface area contributed by atoms with Crippen LogP contribution in [0.4, 0.5) is 5.82 Å². The van der Waals surface area contributed by atoms with E-state index in [9.17, 15) is 20.4 Å². The van der Waals surface area contributed by atoms with Crippen molar-refractivity contribution in [1.29, 1.82) is 0 Å². The van der Waals surface area contributed by atoms with E-state index in [0.29, 0.717) is 30.4 Å². The van der Waals surface area contributed by atoms with Gasteiger partial charge in [-0.15, -0.1) is 0 Å². The number of ether oxygens (including phenoxy) is 5. The van der Waals surface area contributed by atoms with Gasteiger partial charge >= 0.3 is 0 Å². The number of fused-ring (bicyclic) bond motifs is 1. The van der Waals surface area contributed by atoms with Crippen LogP contribution in [0.5, 0.6) is 0 Å². The smallest absolute Gasteiger partial charge is 0.199 e. The number of nitrogens with zero attached hydrogens (tertiary/aromatic N) is 4. The highest BCUT2D eigenvalue weighted by molar-refractivity contribution is 5.81. The maximum Gasteiger partial charge on any atom is 0.199 e. The zero-order chi connectivity index (χ0) is 37.5.